The molecule has 0 bridgehead atoms. The van der Waals surface area contributed by atoms with E-state index in [0.29, 0.717) is 17.7 Å². The van der Waals surface area contributed by atoms with Gasteiger partial charge in [-0.1, -0.05) is 26.8 Å². The molecule has 0 unspecified atom stereocenters. The summed E-state index contributed by atoms with van der Waals surface area (Å²) in [6, 6.07) is 6.37. The van der Waals surface area contributed by atoms with E-state index in [1.54, 1.807) is 10.7 Å². The van der Waals surface area contributed by atoms with Crippen LogP contribution in [-0.2, 0) is 6.42 Å². The van der Waals surface area contributed by atoms with Gasteiger partial charge in [-0.25, -0.2) is 9.07 Å². The molecule has 4 nitrogen and oxygen atoms in total. The van der Waals surface area contributed by atoms with Crippen LogP contribution in [-0.4, -0.2) is 33.7 Å². The van der Waals surface area contributed by atoms with Crippen molar-refractivity contribution >= 4 is 5.91 Å². The quantitative estimate of drug-likeness (QED) is 0.852. The van der Waals surface area contributed by atoms with Crippen molar-refractivity contribution in [3.8, 4) is 5.69 Å². The number of amides is 1. The summed E-state index contributed by atoms with van der Waals surface area (Å²) in [7, 11) is 0. The van der Waals surface area contributed by atoms with Crippen LogP contribution in [0, 0.1) is 5.82 Å². The molecule has 1 aliphatic rings. The second kappa shape index (κ2) is 6.75. The third-order valence-corrected chi connectivity index (χ3v) is 4.55. The zero-order valence-electron chi connectivity index (χ0n) is 14.6. The number of nitrogens with zero attached hydrogens (tertiary/aromatic N) is 3. The first-order chi connectivity index (χ1) is 11.5. The van der Waals surface area contributed by atoms with Crippen molar-refractivity contribution < 1.29 is 9.18 Å². The summed E-state index contributed by atoms with van der Waals surface area (Å²) in [4.78, 5) is 15.0. The van der Waals surface area contributed by atoms with E-state index in [1.807, 2.05) is 31.7 Å². The predicted molar refractivity (Wildman–Crippen MR) is 92.1 cm³/mol. The Morgan fingerprint density at radius 2 is 2.00 bits per heavy atom. The van der Waals surface area contributed by atoms with Gasteiger partial charge in [-0.2, -0.15) is 5.10 Å². The Hall–Kier alpha value is -2.17. The Morgan fingerprint density at radius 1 is 1.29 bits per heavy atom. The summed E-state index contributed by atoms with van der Waals surface area (Å²) < 4.78 is 15.4. The maximum atomic E-state index is 13.6. The Labute approximate surface area is 142 Å². The molecule has 0 saturated carbocycles. The van der Waals surface area contributed by atoms with Gasteiger partial charge < -0.3 is 4.90 Å². The minimum absolute atomic E-state index is 0.0655. The molecule has 1 aromatic heterocycles. The fourth-order valence-corrected chi connectivity index (χ4v) is 3.34. The summed E-state index contributed by atoms with van der Waals surface area (Å²) in [5.74, 6) is -0.106. The fourth-order valence-electron chi connectivity index (χ4n) is 3.34. The highest BCUT2D eigenvalue weighted by molar-refractivity contribution is 5.97. The fraction of sp³-hybridized carbons (Fsp3) is 0.474. The average molecular weight is 329 g/mol. The molecular weight excluding hydrogens is 305 g/mol. The Kier molecular flexibility index (Phi) is 4.69. The van der Waals surface area contributed by atoms with Gasteiger partial charge in [0.1, 0.15) is 5.82 Å². The van der Waals surface area contributed by atoms with Gasteiger partial charge in [0, 0.05) is 13.1 Å². The Balaban J connectivity index is 2.14. The molecular formula is C19H24FN3O. The van der Waals surface area contributed by atoms with Crippen molar-refractivity contribution in [2.45, 2.75) is 46.0 Å². The number of hydrogen-bond donors (Lipinski definition) is 0. The van der Waals surface area contributed by atoms with Crippen LogP contribution in [0.5, 0.6) is 0 Å². The molecule has 1 aromatic carbocycles. The molecule has 3 rings (SSSR count). The van der Waals surface area contributed by atoms with Gasteiger partial charge in [0.2, 0.25) is 0 Å². The summed E-state index contributed by atoms with van der Waals surface area (Å²) in [6.07, 6.45) is 2.79. The molecule has 2 aromatic rings. The molecule has 128 valence electrons. The second-order valence-corrected chi connectivity index (χ2v) is 6.61. The lowest BCUT2D eigenvalue weighted by atomic mass is 10.0. The van der Waals surface area contributed by atoms with Crippen molar-refractivity contribution in [1.29, 1.82) is 0 Å². The lowest BCUT2D eigenvalue weighted by Gasteiger charge is -2.17. The number of carbonyl (C=O) groups excluding carboxylic acids is 1. The van der Waals surface area contributed by atoms with Crippen molar-refractivity contribution in [2.75, 3.05) is 13.1 Å². The molecule has 24 heavy (non-hydrogen) atoms. The highest BCUT2D eigenvalue weighted by Crippen LogP contribution is 2.28. The van der Waals surface area contributed by atoms with Gasteiger partial charge in [-0.05, 0) is 43.4 Å². The maximum Gasteiger partial charge on any atom is 0.257 e. The van der Waals surface area contributed by atoms with Crippen LogP contribution in [0.25, 0.3) is 5.69 Å². The minimum Gasteiger partial charge on any atom is -0.339 e. The summed E-state index contributed by atoms with van der Waals surface area (Å²) >= 11 is 0. The molecule has 1 saturated heterocycles. The minimum atomic E-state index is -0.302. The van der Waals surface area contributed by atoms with Crippen LogP contribution < -0.4 is 0 Å². The topological polar surface area (TPSA) is 38.1 Å². The van der Waals surface area contributed by atoms with Gasteiger partial charge in [0.05, 0.1) is 22.6 Å². The number of benzene rings is 1. The first kappa shape index (κ1) is 16.7. The van der Waals surface area contributed by atoms with Gasteiger partial charge in [-0.3, -0.25) is 4.79 Å². The lowest BCUT2D eigenvalue weighted by molar-refractivity contribution is 0.0790. The predicted octanol–water partition coefficient (Wildman–Crippen LogP) is 3.93. The van der Waals surface area contributed by atoms with Crippen molar-refractivity contribution in [3.05, 3.63) is 47.0 Å². The van der Waals surface area contributed by atoms with E-state index in [1.165, 1.54) is 12.1 Å². The van der Waals surface area contributed by atoms with Gasteiger partial charge in [0.25, 0.3) is 5.91 Å². The van der Waals surface area contributed by atoms with Crippen molar-refractivity contribution in [3.63, 3.8) is 0 Å². The molecule has 0 radical (unpaired) electrons. The van der Waals surface area contributed by atoms with E-state index in [2.05, 4.69) is 5.10 Å². The lowest BCUT2D eigenvalue weighted by Crippen LogP contribution is -2.29. The van der Waals surface area contributed by atoms with Crippen LogP contribution in [0.1, 0.15) is 61.3 Å². The summed E-state index contributed by atoms with van der Waals surface area (Å²) in [6.45, 7) is 7.71. The zero-order chi connectivity index (χ0) is 17.3. The number of rotatable bonds is 4. The van der Waals surface area contributed by atoms with Crippen LogP contribution >= 0.6 is 0 Å². The molecule has 0 aliphatic carbocycles. The second-order valence-electron chi connectivity index (χ2n) is 6.61. The first-order valence-electron chi connectivity index (χ1n) is 8.70. The molecule has 0 atom stereocenters. The largest absolute Gasteiger partial charge is 0.339 e. The van der Waals surface area contributed by atoms with E-state index in [-0.39, 0.29) is 17.6 Å². The third-order valence-electron chi connectivity index (χ3n) is 4.55. The number of carbonyl (C=O) groups is 1. The average Bonchev–Trinajstić information content (AvgIpc) is 3.21. The molecule has 1 aliphatic heterocycles. The number of halogens is 1. The van der Waals surface area contributed by atoms with Gasteiger partial charge in [0.15, 0.2) is 0 Å². The van der Waals surface area contributed by atoms with Crippen molar-refractivity contribution in [1.82, 2.24) is 14.7 Å². The number of likely N-dealkylation sites (tertiary alicyclic amines) is 1. The number of hydrogen-bond acceptors (Lipinski definition) is 2. The van der Waals surface area contributed by atoms with Crippen molar-refractivity contribution in [2.24, 2.45) is 0 Å². The van der Waals surface area contributed by atoms with Crippen LogP contribution in [0.4, 0.5) is 4.39 Å². The van der Waals surface area contributed by atoms with Crippen LogP contribution in [0.3, 0.4) is 0 Å². The van der Waals surface area contributed by atoms with Gasteiger partial charge >= 0.3 is 0 Å². The molecule has 0 N–H and O–H groups in total. The molecule has 1 fully saturated rings. The monoisotopic (exact) mass is 329 g/mol. The van der Waals surface area contributed by atoms with E-state index in [0.717, 1.165) is 37.3 Å². The van der Waals surface area contributed by atoms with E-state index in [4.69, 9.17) is 0 Å². The smallest absolute Gasteiger partial charge is 0.257 e. The Morgan fingerprint density at radius 3 is 2.58 bits per heavy atom. The summed E-state index contributed by atoms with van der Waals surface area (Å²) in [5.41, 5.74) is 3.03. The molecule has 5 heteroatoms. The summed E-state index contributed by atoms with van der Waals surface area (Å²) in [5, 5.41) is 4.69. The van der Waals surface area contributed by atoms with E-state index < -0.39 is 0 Å². The third kappa shape index (κ3) is 2.95. The SMILES string of the molecule is CCc1c(C(=O)N2CCCC2)c(C(C)C)nn1-c1cccc(F)c1. The van der Waals surface area contributed by atoms with E-state index >= 15 is 0 Å². The molecule has 0 spiro atoms. The molecule has 1 amide bonds. The normalized spacial score (nSPS) is 14.6. The highest BCUT2D eigenvalue weighted by atomic mass is 19.1. The van der Waals surface area contributed by atoms with Crippen LogP contribution in [0.2, 0.25) is 0 Å². The van der Waals surface area contributed by atoms with Crippen LogP contribution in [0.15, 0.2) is 24.3 Å². The van der Waals surface area contributed by atoms with E-state index in [9.17, 15) is 9.18 Å². The standard InChI is InChI=1S/C19H24FN3O/c1-4-16-17(19(24)22-10-5-6-11-22)18(13(2)3)21-23(16)15-9-7-8-14(20)12-15/h7-9,12-13H,4-6,10-11H2,1-3H3. The highest BCUT2D eigenvalue weighted by Gasteiger charge is 2.29. The van der Waals surface area contributed by atoms with Gasteiger partial charge in [-0.15, -0.1) is 0 Å². The first-order valence-corrected chi connectivity index (χ1v) is 8.70. The number of aromatic nitrogens is 2. The zero-order valence-corrected chi connectivity index (χ0v) is 14.6. The maximum absolute atomic E-state index is 13.6. The molecule has 2 heterocycles. The Bertz CT molecular complexity index is 745.